The molecule has 0 aliphatic heterocycles. The zero-order valence-electron chi connectivity index (χ0n) is 10.1. The van der Waals surface area contributed by atoms with Crippen LogP contribution in [0.5, 0.6) is 0 Å². The van der Waals surface area contributed by atoms with E-state index < -0.39 is 23.5 Å². The molecule has 0 fully saturated rings. The van der Waals surface area contributed by atoms with E-state index >= 15 is 0 Å². The number of alkyl halides is 3. The van der Waals surface area contributed by atoms with Gasteiger partial charge in [-0.25, -0.2) is 4.79 Å². The van der Waals surface area contributed by atoms with Crippen molar-refractivity contribution in [3.63, 3.8) is 0 Å². The number of anilines is 1. The second-order valence-electron chi connectivity index (χ2n) is 4.13. The van der Waals surface area contributed by atoms with E-state index in [1.54, 1.807) is 6.07 Å². The number of nitrogen functional groups attached to an aromatic ring is 1. The lowest BCUT2D eigenvalue weighted by Crippen LogP contribution is -2.10. The predicted molar refractivity (Wildman–Crippen MR) is 64.1 cm³/mol. The molecule has 0 saturated carbocycles. The fourth-order valence-electron chi connectivity index (χ4n) is 1.73. The largest absolute Gasteiger partial charge is 0.478 e. The Morgan fingerprint density at radius 3 is 2.65 bits per heavy atom. The zero-order valence-corrected chi connectivity index (χ0v) is 10.1. The molecule has 0 bridgehead atoms. The number of benzene rings is 1. The molecule has 3 N–H and O–H groups in total. The van der Waals surface area contributed by atoms with E-state index in [0.29, 0.717) is 5.56 Å². The Balaban J connectivity index is 2.27. The number of hydrogen-bond donors (Lipinski definition) is 2. The topological polar surface area (TPSA) is 81.1 Å². The standard InChI is InChI=1S/C12H10F3N3O2/c13-12(14,15)10-9(16)6-18(17-10)5-7-2-1-3-8(4-7)11(19)20/h1-4,6H,5,16H2,(H,19,20). The third-order valence-electron chi connectivity index (χ3n) is 2.58. The number of hydrogen-bond acceptors (Lipinski definition) is 3. The molecule has 0 amide bonds. The minimum atomic E-state index is -4.61. The van der Waals surface area contributed by atoms with E-state index in [0.717, 1.165) is 10.9 Å². The Morgan fingerprint density at radius 2 is 2.10 bits per heavy atom. The zero-order chi connectivity index (χ0) is 14.9. The first-order chi connectivity index (χ1) is 9.27. The summed E-state index contributed by atoms with van der Waals surface area (Å²) < 4.78 is 38.6. The number of aromatic carboxylic acids is 1. The van der Waals surface area contributed by atoms with Gasteiger partial charge in [-0.05, 0) is 17.7 Å². The number of aromatic nitrogens is 2. The lowest BCUT2D eigenvalue weighted by molar-refractivity contribution is -0.140. The maximum Gasteiger partial charge on any atom is 0.437 e. The smallest absolute Gasteiger partial charge is 0.437 e. The van der Waals surface area contributed by atoms with Gasteiger partial charge in [0.05, 0.1) is 17.8 Å². The molecule has 0 spiro atoms. The molecule has 0 radical (unpaired) electrons. The molecule has 0 atom stereocenters. The van der Waals surface area contributed by atoms with E-state index in [4.69, 9.17) is 10.8 Å². The van der Waals surface area contributed by atoms with Crippen molar-refractivity contribution in [2.75, 3.05) is 5.73 Å². The summed E-state index contributed by atoms with van der Waals surface area (Å²) in [6.45, 7) is 0.00139. The van der Waals surface area contributed by atoms with Gasteiger partial charge >= 0.3 is 12.1 Å². The molecule has 1 heterocycles. The number of carboxylic acid groups (broad SMARTS) is 1. The van der Waals surface area contributed by atoms with Crippen LogP contribution in [-0.2, 0) is 12.7 Å². The summed E-state index contributed by atoms with van der Waals surface area (Å²) in [5, 5.41) is 12.2. The summed E-state index contributed by atoms with van der Waals surface area (Å²) in [5.74, 6) is -1.11. The molecule has 8 heteroatoms. The fourth-order valence-corrected chi connectivity index (χ4v) is 1.73. The van der Waals surface area contributed by atoms with Crippen LogP contribution < -0.4 is 5.73 Å². The SMILES string of the molecule is Nc1cn(Cc2cccc(C(=O)O)c2)nc1C(F)(F)F. The van der Waals surface area contributed by atoms with Crippen molar-refractivity contribution in [1.82, 2.24) is 9.78 Å². The van der Waals surface area contributed by atoms with E-state index in [1.807, 2.05) is 0 Å². The van der Waals surface area contributed by atoms with Crippen molar-refractivity contribution in [1.29, 1.82) is 0 Å². The lowest BCUT2D eigenvalue weighted by Gasteiger charge is -2.04. The van der Waals surface area contributed by atoms with Crippen LogP contribution in [0, 0.1) is 0 Å². The molecular weight excluding hydrogens is 275 g/mol. The van der Waals surface area contributed by atoms with Crippen LogP contribution in [0.4, 0.5) is 18.9 Å². The first-order valence-corrected chi connectivity index (χ1v) is 5.49. The van der Waals surface area contributed by atoms with Crippen molar-refractivity contribution in [2.24, 2.45) is 0 Å². The molecule has 1 aromatic heterocycles. The quantitative estimate of drug-likeness (QED) is 0.906. The monoisotopic (exact) mass is 285 g/mol. The average molecular weight is 285 g/mol. The van der Waals surface area contributed by atoms with Crippen molar-refractivity contribution in [3.8, 4) is 0 Å². The highest BCUT2D eigenvalue weighted by Crippen LogP contribution is 2.31. The van der Waals surface area contributed by atoms with Crippen molar-refractivity contribution in [3.05, 3.63) is 47.3 Å². The number of nitrogens with two attached hydrogens (primary N) is 1. The Hall–Kier alpha value is -2.51. The summed E-state index contributed by atoms with van der Waals surface area (Å²) in [6, 6.07) is 5.87. The highest BCUT2D eigenvalue weighted by molar-refractivity contribution is 5.87. The van der Waals surface area contributed by atoms with Crippen molar-refractivity contribution < 1.29 is 23.1 Å². The Kier molecular flexibility index (Phi) is 3.39. The molecule has 106 valence electrons. The molecule has 2 aromatic rings. The van der Waals surface area contributed by atoms with E-state index in [9.17, 15) is 18.0 Å². The summed E-state index contributed by atoms with van der Waals surface area (Å²) >= 11 is 0. The number of halogens is 3. The van der Waals surface area contributed by atoms with Crippen LogP contribution >= 0.6 is 0 Å². The van der Waals surface area contributed by atoms with Gasteiger partial charge in [-0.1, -0.05) is 12.1 Å². The van der Waals surface area contributed by atoms with Gasteiger partial charge in [0.2, 0.25) is 0 Å². The predicted octanol–water partition coefficient (Wildman–Crippen LogP) is 2.23. The van der Waals surface area contributed by atoms with Gasteiger partial charge in [0.15, 0.2) is 5.69 Å². The number of carbonyl (C=O) groups is 1. The Labute approximate surface area is 111 Å². The van der Waals surface area contributed by atoms with Gasteiger partial charge in [-0.15, -0.1) is 0 Å². The molecule has 2 rings (SSSR count). The molecule has 0 saturated heterocycles. The molecule has 20 heavy (non-hydrogen) atoms. The van der Waals surface area contributed by atoms with Crippen LogP contribution in [0.3, 0.4) is 0 Å². The Morgan fingerprint density at radius 1 is 1.40 bits per heavy atom. The van der Waals surface area contributed by atoms with E-state index in [1.165, 1.54) is 18.2 Å². The van der Waals surface area contributed by atoms with Gasteiger partial charge in [0.25, 0.3) is 0 Å². The minimum Gasteiger partial charge on any atom is -0.478 e. The van der Waals surface area contributed by atoms with Crippen LogP contribution in [0.2, 0.25) is 0 Å². The van der Waals surface area contributed by atoms with Crippen molar-refractivity contribution >= 4 is 11.7 Å². The first-order valence-electron chi connectivity index (χ1n) is 5.49. The van der Waals surface area contributed by atoms with E-state index in [-0.39, 0.29) is 12.1 Å². The molecule has 0 aliphatic carbocycles. The van der Waals surface area contributed by atoms with Crippen LogP contribution in [-0.4, -0.2) is 20.9 Å². The average Bonchev–Trinajstić information content (AvgIpc) is 2.70. The molecule has 1 aromatic carbocycles. The number of rotatable bonds is 3. The van der Waals surface area contributed by atoms with Crippen LogP contribution in [0.15, 0.2) is 30.5 Å². The second-order valence-corrected chi connectivity index (χ2v) is 4.13. The van der Waals surface area contributed by atoms with Gasteiger partial charge in [0, 0.05) is 6.20 Å². The van der Waals surface area contributed by atoms with Crippen molar-refractivity contribution in [2.45, 2.75) is 12.7 Å². The highest BCUT2D eigenvalue weighted by Gasteiger charge is 2.36. The van der Waals surface area contributed by atoms with Crippen LogP contribution in [0.25, 0.3) is 0 Å². The Bertz CT molecular complexity index is 650. The number of nitrogens with zero attached hydrogens (tertiary/aromatic N) is 2. The fraction of sp³-hybridized carbons (Fsp3) is 0.167. The summed E-state index contributed by atoms with van der Waals surface area (Å²) in [7, 11) is 0. The lowest BCUT2D eigenvalue weighted by atomic mass is 10.1. The number of carboxylic acids is 1. The maximum atomic E-state index is 12.5. The summed E-state index contributed by atoms with van der Waals surface area (Å²) in [6.07, 6.45) is -3.55. The molecule has 5 nitrogen and oxygen atoms in total. The third-order valence-corrected chi connectivity index (χ3v) is 2.58. The van der Waals surface area contributed by atoms with Gasteiger partial charge in [0.1, 0.15) is 0 Å². The summed E-state index contributed by atoms with van der Waals surface area (Å²) in [4.78, 5) is 10.8. The maximum absolute atomic E-state index is 12.5. The van der Waals surface area contributed by atoms with Gasteiger partial charge in [-0.3, -0.25) is 4.68 Å². The van der Waals surface area contributed by atoms with Gasteiger partial charge < -0.3 is 10.8 Å². The highest BCUT2D eigenvalue weighted by atomic mass is 19.4. The molecule has 0 aliphatic rings. The van der Waals surface area contributed by atoms with Crippen LogP contribution in [0.1, 0.15) is 21.6 Å². The first kappa shape index (κ1) is 13.9. The third kappa shape index (κ3) is 2.90. The normalized spacial score (nSPS) is 11.6. The second kappa shape index (κ2) is 4.87. The molecule has 0 unspecified atom stereocenters. The molecular formula is C12H10F3N3O2. The van der Waals surface area contributed by atoms with E-state index in [2.05, 4.69) is 5.10 Å². The minimum absolute atomic E-state index is 0.00139. The summed E-state index contributed by atoms with van der Waals surface area (Å²) in [5.41, 5.74) is 4.22. The van der Waals surface area contributed by atoms with Gasteiger partial charge in [-0.2, -0.15) is 18.3 Å².